The van der Waals surface area contributed by atoms with Gasteiger partial charge in [-0.05, 0) is 63.4 Å². The Kier molecular flexibility index (Phi) is 6.20. The Hall–Kier alpha value is -2.01. The van der Waals surface area contributed by atoms with Gasteiger partial charge < -0.3 is 19.3 Å². The van der Waals surface area contributed by atoms with Gasteiger partial charge in [0.05, 0.1) is 14.2 Å². The molecule has 0 saturated carbocycles. The Morgan fingerprint density at radius 1 is 1.08 bits per heavy atom. The number of carbonyl (C=O) groups is 1. The number of piperidine rings is 1. The molecule has 2 aliphatic rings. The maximum atomic E-state index is 12.6. The molecule has 0 spiro atoms. The number of ether oxygens (including phenoxy) is 2. The van der Waals surface area contributed by atoms with Crippen LogP contribution < -0.4 is 9.47 Å². The number of methoxy groups -OCH3 is 2. The average Bonchev–Trinajstić information content (AvgIpc) is 3.21. The van der Waals surface area contributed by atoms with Gasteiger partial charge >= 0.3 is 0 Å². The minimum Gasteiger partial charge on any atom is -0.493 e. The highest BCUT2D eigenvalue weighted by molar-refractivity contribution is 5.92. The number of amides is 1. The second-order valence-corrected chi connectivity index (χ2v) is 7.15. The van der Waals surface area contributed by atoms with Crippen molar-refractivity contribution >= 4 is 12.0 Å². The average molecular weight is 358 g/mol. The fourth-order valence-corrected chi connectivity index (χ4v) is 4.10. The Labute approximate surface area is 156 Å². The van der Waals surface area contributed by atoms with Gasteiger partial charge in [-0.3, -0.25) is 4.79 Å². The first kappa shape index (κ1) is 18.8. The summed E-state index contributed by atoms with van der Waals surface area (Å²) >= 11 is 0. The van der Waals surface area contributed by atoms with Crippen LogP contribution in [-0.2, 0) is 4.79 Å². The summed E-state index contributed by atoms with van der Waals surface area (Å²) in [5.41, 5.74) is 1.95. The molecule has 1 aromatic carbocycles. The van der Waals surface area contributed by atoms with Crippen molar-refractivity contribution in [2.75, 3.05) is 40.4 Å². The van der Waals surface area contributed by atoms with Crippen LogP contribution in [0.2, 0.25) is 0 Å². The predicted octanol–water partition coefficient (Wildman–Crippen LogP) is 3.11. The Bertz CT molecular complexity index is 657. The van der Waals surface area contributed by atoms with Crippen molar-refractivity contribution in [3.63, 3.8) is 0 Å². The first-order chi connectivity index (χ1) is 12.6. The quantitative estimate of drug-likeness (QED) is 0.759. The number of likely N-dealkylation sites (tertiary alicyclic amines) is 2. The molecule has 26 heavy (non-hydrogen) atoms. The van der Waals surface area contributed by atoms with Gasteiger partial charge in [0, 0.05) is 30.8 Å². The first-order valence-electron chi connectivity index (χ1n) is 9.56. The summed E-state index contributed by atoms with van der Waals surface area (Å²) in [7, 11) is 3.26. The third-order valence-corrected chi connectivity index (χ3v) is 5.67. The normalized spacial score (nSPS) is 19.3. The van der Waals surface area contributed by atoms with Crippen LogP contribution >= 0.6 is 0 Å². The molecule has 0 atom stereocenters. The maximum Gasteiger partial charge on any atom is 0.246 e. The highest BCUT2D eigenvalue weighted by Crippen LogP contribution is 2.33. The van der Waals surface area contributed by atoms with Crippen molar-refractivity contribution in [1.29, 1.82) is 0 Å². The van der Waals surface area contributed by atoms with Gasteiger partial charge in [0.25, 0.3) is 0 Å². The molecule has 2 heterocycles. The van der Waals surface area contributed by atoms with Gasteiger partial charge in [-0.25, -0.2) is 0 Å². The van der Waals surface area contributed by atoms with Crippen molar-refractivity contribution in [3.8, 4) is 11.5 Å². The molecule has 1 amide bonds. The fourth-order valence-electron chi connectivity index (χ4n) is 4.10. The minimum absolute atomic E-state index is 0.0963. The van der Waals surface area contributed by atoms with E-state index in [4.69, 9.17) is 9.47 Å². The lowest BCUT2D eigenvalue weighted by molar-refractivity contribution is -0.127. The molecule has 2 fully saturated rings. The van der Waals surface area contributed by atoms with Gasteiger partial charge in [-0.2, -0.15) is 0 Å². The van der Waals surface area contributed by atoms with Crippen molar-refractivity contribution in [2.45, 2.75) is 38.6 Å². The summed E-state index contributed by atoms with van der Waals surface area (Å²) in [5, 5.41) is 0. The summed E-state index contributed by atoms with van der Waals surface area (Å²) < 4.78 is 10.7. The molecular weight excluding hydrogens is 328 g/mol. The number of carbonyl (C=O) groups excluding carboxylic acids is 1. The Morgan fingerprint density at radius 3 is 2.38 bits per heavy atom. The minimum atomic E-state index is 0.0963. The lowest BCUT2D eigenvalue weighted by atomic mass is 10.0. The molecule has 0 radical (unpaired) electrons. The van der Waals surface area contributed by atoms with Crippen molar-refractivity contribution in [2.24, 2.45) is 0 Å². The van der Waals surface area contributed by atoms with Crippen molar-refractivity contribution < 1.29 is 14.3 Å². The summed E-state index contributed by atoms with van der Waals surface area (Å²) in [4.78, 5) is 17.1. The molecule has 0 bridgehead atoms. The molecule has 2 aliphatic heterocycles. The largest absolute Gasteiger partial charge is 0.493 e. The van der Waals surface area contributed by atoms with Crippen LogP contribution in [0.15, 0.2) is 18.2 Å². The van der Waals surface area contributed by atoms with Gasteiger partial charge in [-0.15, -0.1) is 0 Å². The van der Waals surface area contributed by atoms with Crippen LogP contribution in [0.25, 0.3) is 6.08 Å². The van der Waals surface area contributed by atoms with Crippen molar-refractivity contribution in [1.82, 2.24) is 9.80 Å². The van der Waals surface area contributed by atoms with E-state index in [0.717, 1.165) is 37.1 Å². The van der Waals surface area contributed by atoms with Gasteiger partial charge in [0.1, 0.15) is 0 Å². The molecule has 0 aliphatic carbocycles. The van der Waals surface area contributed by atoms with Crippen LogP contribution in [0, 0.1) is 6.92 Å². The highest BCUT2D eigenvalue weighted by Gasteiger charge is 2.27. The van der Waals surface area contributed by atoms with E-state index in [1.54, 1.807) is 20.3 Å². The summed E-state index contributed by atoms with van der Waals surface area (Å²) in [6.07, 6.45) is 8.40. The van der Waals surface area contributed by atoms with Crippen LogP contribution in [0.3, 0.4) is 0 Å². The molecule has 0 aromatic heterocycles. The monoisotopic (exact) mass is 358 g/mol. The van der Waals surface area contributed by atoms with Crippen LogP contribution in [-0.4, -0.2) is 62.1 Å². The second-order valence-electron chi connectivity index (χ2n) is 7.15. The van der Waals surface area contributed by atoms with Gasteiger partial charge in [-0.1, -0.05) is 6.07 Å². The van der Waals surface area contributed by atoms with Crippen LogP contribution in [0.1, 0.15) is 36.8 Å². The fraction of sp³-hybridized carbons (Fsp3) is 0.571. The predicted molar refractivity (Wildman–Crippen MR) is 104 cm³/mol. The molecule has 2 saturated heterocycles. The SMILES string of the molecule is COc1ccc(/C=C/C(=O)N2CCC(N3CCCC3)CC2)c(C)c1OC. The first-order valence-corrected chi connectivity index (χ1v) is 9.56. The van der Waals surface area contributed by atoms with E-state index < -0.39 is 0 Å². The standard InChI is InChI=1S/C21H30N2O3/c1-16-17(6-8-19(25-2)21(16)26-3)7-9-20(24)23-14-10-18(11-15-23)22-12-4-5-13-22/h6-9,18H,4-5,10-15H2,1-3H3/b9-7+. The topological polar surface area (TPSA) is 42.0 Å². The van der Waals surface area contributed by atoms with Crippen molar-refractivity contribution in [3.05, 3.63) is 29.3 Å². The summed E-state index contributed by atoms with van der Waals surface area (Å²) in [6, 6.07) is 4.50. The van der Waals surface area contributed by atoms with E-state index in [0.29, 0.717) is 17.5 Å². The van der Waals surface area contributed by atoms with E-state index in [9.17, 15) is 4.79 Å². The second kappa shape index (κ2) is 8.58. The third kappa shape index (κ3) is 4.04. The zero-order valence-electron chi connectivity index (χ0n) is 16.2. The number of hydrogen-bond donors (Lipinski definition) is 0. The van der Waals surface area contributed by atoms with Crippen LogP contribution in [0.4, 0.5) is 0 Å². The molecule has 5 heteroatoms. The zero-order valence-corrected chi connectivity index (χ0v) is 16.2. The molecule has 0 unspecified atom stereocenters. The van der Waals surface area contributed by atoms with E-state index in [1.165, 1.54) is 25.9 Å². The van der Waals surface area contributed by atoms with Gasteiger partial charge in [0.15, 0.2) is 11.5 Å². The number of hydrogen-bond acceptors (Lipinski definition) is 4. The lowest BCUT2D eigenvalue weighted by Crippen LogP contribution is -2.45. The van der Waals surface area contributed by atoms with E-state index in [1.807, 2.05) is 30.0 Å². The number of nitrogens with zero attached hydrogens (tertiary/aromatic N) is 2. The van der Waals surface area contributed by atoms with E-state index in [-0.39, 0.29) is 5.91 Å². The Morgan fingerprint density at radius 2 is 1.77 bits per heavy atom. The van der Waals surface area contributed by atoms with E-state index >= 15 is 0 Å². The van der Waals surface area contributed by atoms with Crippen LogP contribution in [0.5, 0.6) is 11.5 Å². The summed E-state index contributed by atoms with van der Waals surface area (Å²) in [5.74, 6) is 1.52. The lowest BCUT2D eigenvalue weighted by Gasteiger charge is -2.36. The molecular formula is C21H30N2O3. The maximum absolute atomic E-state index is 12.6. The molecule has 1 aromatic rings. The highest BCUT2D eigenvalue weighted by atomic mass is 16.5. The zero-order chi connectivity index (χ0) is 18.5. The molecule has 3 rings (SSSR count). The third-order valence-electron chi connectivity index (χ3n) is 5.67. The van der Waals surface area contributed by atoms with Gasteiger partial charge in [0.2, 0.25) is 5.91 Å². The molecule has 5 nitrogen and oxygen atoms in total. The number of rotatable bonds is 5. The molecule has 0 N–H and O–H groups in total. The Balaban J connectivity index is 1.60. The summed E-state index contributed by atoms with van der Waals surface area (Å²) in [6.45, 7) is 6.16. The smallest absolute Gasteiger partial charge is 0.246 e. The molecule has 142 valence electrons. The van der Waals surface area contributed by atoms with E-state index in [2.05, 4.69) is 4.90 Å². The number of benzene rings is 1.